The number of benzene rings is 2. The Morgan fingerprint density at radius 2 is 1.87 bits per heavy atom. The fraction of sp³-hybridized carbons (Fsp3) is 0.217. The summed E-state index contributed by atoms with van der Waals surface area (Å²) < 4.78 is 29.6. The molecule has 2 aromatic carbocycles. The predicted molar refractivity (Wildman–Crippen MR) is 120 cm³/mol. The van der Waals surface area contributed by atoms with E-state index in [1.807, 2.05) is 23.6 Å². The summed E-state index contributed by atoms with van der Waals surface area (Å²) in [6.45, 7) is 2.97. The number of hydrogen-bond donors (Lipinski definition) is 2. The number of aromatic nitrogens is 1. The molecule has 0 fully saturated rings. The van der Waals surface area contributed by atoms with E-state index in [-0.39, 0.29) is 11.7 Å². The first kappa shape index (κ1) is 18.9. The van der Waals surface area contributed by atoms with E-state index < -0.39 is 11.6 Å². The van der Waals surface area contributed by atoms with Crippen LogP contribution in [-0.2, 0) is 0 Å². The molecule has 1 aliphatic heterocycles. The van der Waals surface area contributed by atoms with Crippen LogP contribution in [0.3, 0.4) is 0 Å². The first-order valence-corrected chi connectivity index (χ1v) is 10.7. The van der Waals surface area contributed by atoms with Crippen LogP contribution in [0.25, 0.3) is 21.0 Å². The number of para-hydroxylation sites is 2. The number of rotatable bonds is 3. The Bertz CT molecular complexity index is 1250. The van der Waals surface area contributed by atoms with E-state index in [9.17, 15) is 8.78 Å². The smallest absolute Gasteiger partial charge is 0.149 e. The lowest BCUT2D eigenvalue weighted by Crippen LogP contribution is -2.20. The average Bonchev–Trinajstić information content (AvgIpc) is 3.13. The van der Waals surface area contributed by atoms with Gasteiger partial charge in [0.2, 0.25) is 0 Å². The minimum Gasteiger partial charge on any atom is -0.370 e. The number of halogens is 2. The summed E-state index contributed by atoms with van der Waals surface area (Å²) in [5, 5.41) is 10.1. The van der Waals surface area contributed by atoms with E-state index in [2.05, 4.69) is 28.6 Å². The number of aliphatic imine (C=N–C) groups is 1. The van der Waals surface area contributed by atoms with Gasteiger partial charge >= 0.3 is 0 Å². The summed E-state index contributed by atoms with van der Waals surface area (Å²) >= 11 is 1.60. The molecule has 3 heterocycles. The Hall–Kier alpha value is -3.06. The SMILES string of the molecule is CC1CN=CNC(c2cccc3c2nc(Nc2c(F)cccc2F)c2ccsc23)C1. The van der Waals surface area contributed by atoms with Crippen LogP contribution in [0.15, 0.2) is 52.8 Å². The van der Waals surface area contributed by atoms with Crippen molar-refractivity contribution in [2.75, 3.05) is 11.9 Å². The van der Waals surface area contributed by atoms with Crippen molar-refractivity contribution in [2.24, 2.45) is 10.9 Å². The summed E-state index contributed by atoms with van der Waals surface area (Å²) in [7, 11) is 0. The summed E-state index contributed by atoms with van der Waals surface area (Å²) in [5.41, 5.74) is 1.69. The fourth-order valence-corrected chi connectivity index (χ4v) is 4.92. The minimum atomic E-state index is -0.649. The predicted octanol–water partition coefficient (Wildman–Crippen LogP) is 6.17. The van der Waals surface area contributed by atoms with Crippen LogP contribution in [-0.4, -0.2) is 17.9 Å². The van der Waals surface area contributed by atoms with E-state index in [1.54, 1.807) is 17.7 Å². The summed E-state index contributed by atoms with van der Waals surface area (Å²) in [5.74, 6) is -0.411. The van der Waals surface area contributed by atoms with E-state index >= 15 is 0 Å². The Morgan fingerprint density at radius 3 is 2.70 bits per heavy atom. The molecule has 0 spiro atoms. The molecular formula is C23H20F2N4S. The number of nitrogens with zero attached hydrogens (tertiary/aromatic N) is 2. The Morgan fingerprint density at radius 1 is 1.07 bits per heavy atom. The number of hydrogen-bond acceptors (Lipinski definition) is 5. The van der Waals surface area contributed by atoms with Crippen molar-refractivity contribution in [1.82, 2.24) is 10.3 Å². The highest BCUT2D eigenvalue weighted by Crippen LogP contribution is 2.38. The lowest BCUT2D eigenvalue weighted by atomic mass is 9.94. The van der Waals surface area contributed by atoms with Crippen molar-refractivity contribution in [3.8, 4) is 0 Å². The lowest BCUT2D eigenvalue weighted by Gasteiger charge is -2.20. The van der Waals surface area contributed by atoms with Gasteiger partial charge in [-0.2, -0.15) is 0 Å². The van der Waals surface area contributed by atoms with Crippen molar-refractivity contribution in [2.45, 2.75) is 19.4 Å². The molecule has 1 aliphatic rings. The second-order valence-corrected chi connectivity index (χ2v) is 8.56. The topological polar surface area (TPSA) is 49.3 Å². The maximum atomic E-state index is 14.3. The zero-order valence-corrected chi connectivity index (χ0v) is 17.1. The first-order chi connectivity index (χ1) is 14.6. The molecule has 2 atom stereocenters. The van der Waals surface area contributed by atoms with Crippen LogP contribution in [0.4, 0.5) is 20.3 Å². The molecule has 2 N–H and O–H groups in total. The Kier molecular flexibility index (Phi) is 4.83. The number of nitrogens with one attached hydrogen (secondary N) is 2. The quantitative estimate of drug-likeness (QED) is 0.415. The number of fused-ring (bicyclic) bond motifs is 3. The number of anilines is 2. The standard InChI is InChI=1S/C23H20F2N4S/c1-13-10-19(27-12-26-11-13)14-4-2-5-15-20(14)28-23(16-8-9-30-22(15)16)29-21-17(24)6-3-7-18(21)25/h2-9,12-13,19H,10-11H2,1H3,(H,26,27)(H,28,29). The highest BCUT2D eigenvalue weighted by molar-refractivity contribution is 7.18. The molecule has 7 heteroatoms. The van der Waals surface area contributed by atoms with Crippen molar-refractivity contribution in [3.05, 3.63) is 65.0 Å². The summed E-state index contributed by atoms with van der Waals surface area (Å²) in [6.07, 6.45) is 2.69. The fourth-order valence-electron chi connectivity index (χ4n) is 3.99. The summed E-state index contributed by atoms with van der Waals surface area (Å²) in [6, 6.07) is 12.0. The molecule has 152 valence electrons. The van der Waals surface area contributed by atoms with Crippen LogP contribution in [0.2, 0.25) is 0 Å². The third kappa shape index (κ3) is 3.29. The minimum absolute atomic E-state index is 0.0675. The normalized spacial score (nSPS) is 19.0. The van der Waals surface area contributed by atoms with E-state index in [0.29, 0.717) is 11.7 Å². The highest BCUT2D eigenvalue weighted by Gasteiger charge is 2.21. The van der Waals surface area contributed by atoms with Crippen molar-refractivity contribution < 1.29 is 8.78 Å². The van der Waals surface area contributed by atoms with Gasteiger partial charge in [0.05, 0.1) is 17.9 Å². The van der Waals surface area contributed by atoms with Crippen LogP contribution < -0.4 is 10.6 Å². The average molecular weight is 423 g/mol. The van der Waals surface area contributed by atoms with E-state index in [1.165, 1.54) is 18.2 Å². The maximum absolute atomic E-state index is 14.3. The highest BCUT2D eigenvalue weighted by atomic mass is 32.1. The molecular weight excluding hydrogens is 402 g/mol. The van der Waals surface area contributed by atoms with Gasteiger partial charge in [-0.25, -0.2) is 13.8 Å². The second kappa shape index (κ2) is 7.65. The first-order valence-electron chi connectivity index (χ1n) is 9.87. The van der Waals surface area contributed by atoms with Crippen LogP contribution in [0.5, 0.6) is 0 Å². The molecule has 2 unspecified atom stereocenters. The van der Waals surface area contributed by atoms with E-state index in [4.69, 9.17) is 4.98 Å². The molecule has 0 bridgehead atoms. The summed E-state index contributed by atoms with van der Waals surface area (Å²) in [4.78, 5) is 9.25. The molecule has 0 radical (unpaired) electrons. The van der Waals surface area contributed by atoms with Gasteiger partial charge in [-0.05, 0) is 35.9 Å². The number of pyridine rings is 1. The molecule has 0 saturated heterocycles. The van der Waals surface area contributed by atoms with Gasteiger partial charge in [0.15, 0.2) is 0 Å². The van der Waals surface area contributed by atoms with Crippen LogP contribution >= 0.6 is 11.3 Å². The molecule has 0 saturated carbocycles. The molecule has 4 aromatic rings. The molecule has 0 aliphatic carbocycles. The Labute approximate surface area is 176 Å². The monoisotopic (exact) mass is 422 g/mol. The van der Waals surface area contributed by atoms with Crippen LogP contribution in [0.1, 0.15) is 24.9 Å². The van der Waals surface area contributed by atoms with Gasteiger partial charge < -0.3 is 10.6 Å². The van der Waals surface area contributed by atoms with Gasteiger partial charge in [0.1, 0.15) is 23.1 Å². The van der Waals surface area contributed by atoms with Crippen molar-refractivity contribution in [3.63, 3.8) is 0 Å². The van der Waals surface area contributed by atoms with Crippen molar-refractivity contribution >= 4 is 50.2 Å². The zero-order chi connectivity index (χ0) is 20.7. The van der Waals surface area contributed by atoms with Gasteiger partial charge in [0.25, 0.3) is 0 Å². The third-order valence-electron chi connectivity index (χ3n) is 5.46. The molecule has 30 heavy (non-hydrogen) atoms. The van der Waals surface area contributed by atoms with Gasteiger partial charge in [-0.1, -0.05) is 31.2 Å². The van der Waals surface area contributed by atoms with Gasteiger partial charge in [0, 0.05) is 27.6 Å². The van der Waals surface area contributed by atoms with Gasteiger partial charge in [-0.3, -0.25) is 4.99 Å². The lowest BCUT2D eigenvalue weighted by molar-refractivity contribution is 0.477. The second-order valence-electron chi connectivity index (χ2n) is 7.64. The van der Waals surface area contributed by atoms with Gasteiger partial charge in [-0.15, -0.1) is 11.3 Å². The van der Waals surface area contributed by atoms with Crippen molar-refractivity contribution in [1.29, 1.82) is 0 Å². The molecule has 5 rings (SSSR count). The molecule has 0 amide bonds. The molecule has 4 nitrogen and oxygen atoms in total. The van der Waals surface area contributed by atoms with E-state index in [0.717, 1.165) is 39.5 Å². The molecule has 2 aromatic heterocycles. The third-order valence-corrected chi connectivity index (χ3v) is 6.41. The number of thiophene rings is 1. The van der Waals surface area contributed by atoms with Crippen LogP contribution in [0, 0.1) is 17.6 Å². The zero-order valence-electron chi connectivity index (χ0n) is 16.3. The Balaban J connectivity index is 1.70. The maximum Gasteiger partial charge on any atom is 0.149 e. The largest absolute Gasteiger partial charge is 0.370 e.